The number of anilines is 1. The molecule has 0 saturated carbocycles. The van der Waals surface area contributed by atoms with Gasteiger partial charge in [0, 0.05) is 24.6 Å². The molecule has 156 valence electrons. The first-order chi connectivity index (χ1) is 15.1. The molecule has 1 aromatic heterocycles. The lowest BCUT2D eigenvalue weighted by molar-refractivity contribution is -0.116. The van der Waals surface area contributed by atoms with Crippen LogP contribution in [0.15, 0.2) is 77.6 Å². The topological polar surface area (TPSA) is 84.1 Å². The fraction of sp³-hybridized carbons (Fsp3) is 0.125. The van der Waals surface area contributed by atoms with E-state index in [9.17, 15) is 14.0 Å². The lowest BCUT2D eigenvalue weighted by Gasteiger charge is -2.08. The predicted octanol–water partition coefficient (Wildman–Crippen LogP) is 4.82. The van der Waals surface area contributed by atoms with Crippen molar-refractivity contribution >= 4 is 22.5 Å². The number of hydrogen-bond acceptors (Lipinski definition) is 4. The third kappa shape index (κ3) is 5.33. The fourth-order valence-electron chi connectivity index (χ4n) is 3.17. The van der Waals surface area contributed by atoms with Crippen LogP contribution in [0.1, 0.15) is 18.7 Å². The Morgan fingerprint density at radius 1 is 1.00 bits per heavy atom. The van der Waals surface area contributed by atoms with Gasteiger partial charge in [-0.15, -0.1) is 0 Å². The Morgan fingerprint density at radius 3 is 2.61 bits per heavy atom. The largest absolute Gasteiger partial charge is 0.457 e. The molecule has 0 radical (unpaired) electrons. The van der Waals surface area contributed by atoms with Crippen molar-refractivity contribution in [1.82, 2.24) is 9.97 Å². The Balaban J connectivity index is 1.28. The van der Waals surface area contributed by atoms with Crippen molar-refractivity contribution in [3.8, 4) is 11.5 Å². The van der Waals surface area contributed by atoms with Gasteiger partial charge in [-0.05, 0) is 55.0 Å². The van der Waals surface area contributed by atoms with Gasteiger partial charge in [0.2, 0.25) is 5.91 Å². The number of nitrogens with zero attached hydrogens (tertiary/aromatic N) is 1. The second kappa shape index (κ2) is 9.21. The first kappa shape index (κ1) is 20.3. The SMILES string of the molecule is O=C(CCCc1nc2ccccc2c(=O)[nH]1)Nc1ccc(Oc2cccc(F)c2)cc1. The lowest BCUT2D eigenvalue weighted by Crippen LogP contribution is -2.14. The van der Waals surface area contributed by atoms with Crippen molar-refractivity contribution < 1.29 is 13.9 Å². The van der Waals surface area contributed by atoms with E-state index < -0.39 is 0 Å². The highest BCUT2D eigenvalue weighted by molar-refractivity contribution is 5.90. The number of nitrogens with one attached hydrogen (secondary N) is 2. The fourth-order valence-corrected chi connectivity index (χ4v) is 3.17. The third-order valence-electron chi connectivity index (χ3n) is 4.65. The van der Waals surface area contributed by atoms with Gasteiger partial charge in [-0.2, -0.15) is 0 Å². The molecule has 3 aromatic carbocycles. The number of ether oxygens (including phenoxy) is 1. The molecule has 0 atom stereocenters. The highest BCUT2D eigenvalue weighted by Crippen LogP contribution is 2.23. The van der Waals surface area contributed by atoms with E-state index in [1.54, 1.807) is 54.6 Å². The molecule has 1 heterocycles. The van der Waals surface area contributed by atoms with Gasteiger partial charge in [0.25, 0.3) is 5.56 Å². The van der Waals surface area contributed by atoms with Gasteiger partial charge in [-0.25, -0.2) is 9.37 Å². The zero-order chi connectivity index (χ0) is 21.6. The molecular formula is C24H20FN3O3. The number of fused-ring (bicyclic) bond motifs is 1. The minimum Gasteiger partial charge on any atom is -0.457 e. The summed E-state index contributed by atoms with van der Waals surface area (Å²) in [5, 5.41) is 3.37. The van der Waals surface area contributed by atoms with Gasteiger partial charge in [0.05, 0.1) is 10.9 Å². The quantitative estimate of drug-likeness (QED) is 0.452. The predicted molar refractivity (Wildman–Crippen MR) is 117 cm³/mol. The number of carbonyl (C=O) groups is 1. The summed E-state index contributed by atoms with van der Waals surface area (Å²) >= 11 is 0. The van der Waals surface area contributed by atoms with Gasteiger partial charge < -0.3 is 15.0 Å². The minimum atomic E-state index is -0.371. The van der Waals surface area contributed by atoms with E-state index in [1.165, 1.54) is 12.1 Å². The number of para-hydroxylation sites is 1. The summed E-state index contributed by atoms with van der Waals surface area (Å²) < 4.78 is 18.8. The number of aryl methyl sites for hydroxylation is 1. The van der Waals surface area contributed by atoms with Gasteiger partial charge in [-0.3, -0.25) is 9.59 Å². The molecule has 0 bridgehead atoms. The molecule has 0 fully saturated rings. The van der Waals surface area contributed by atoms with Crippen LogP contribution < -0.4 is 15.6 Å². The highest BCUT2D eigenvalue weighted by atomic mass is 19.1. The average Bonchev–Trinajstić information content (AvgIpc) is 2.75. The van der Waals surface area contributed by atoms with Crippen LogP contribution in [0.5, 0.6) is 11.5 Å². The molecule has 0 spiro atoms. The van der Waals surface area contributed by atoms with E-state index in [-0.39, 0.29) is 23.7 Å². The zero-order valence-corrected chi connectivity index (χ0v) is 16.6. The van der Waals surface area contributed by atoms with Crippen LogP contribution in [-0.2, 0) is 11.2 Å². The van der Waals surface area contributed by atoms with Crippen LogP contribution >= 0.6 is 0 Å². The summed E-state index contributed by atoms with van der Waals surface area (Å²) in [6.07, 6.45) is 1.33. The number of rotatable bonds is 7. The summed E-state index contributed by atoms with van der Waals surface area (Å²) in [4.78, 5) is 31.5. The van der Waals surface area contributed by atoms with Crippen molar-refractivity contribution in [3.05, 3.63) is 94.8 Å². The van der Waals surface area contributed by atoms with Gasteiger partial charge in [-0.1, -0.05) is 18.2 Å². The number of H-pyrrole nitrogens is 1. The number of amides is 1. The van der Waals surface area contributed by atoms with Gasteiger partial charge in [0.1, 0.15) is 23.1 Å². The smallest absolute Gasteiger partial charge is 0.258 e. The molecule has 0 aliphatic rings. The number of aromatic nitrogens is 2. The summed E-state index contributed by atoms with van der Waals surface area (Å²) in [5.74, 6) is 0.994. The Morgan fingerprint density at radius 2 is 1.81 bits per heavy atom. The summed E-state index contributed by atoms with van der Waals surface area (Å²) in [6, 6.07) is 19.9. The van der Waals surface area contributed by atoms with Crippen LogP contribution in [0.25, 0.3) is 10.9 Å². The summed E-state index contributed by atoms with van der Waals surface area (Å²) in [6.45, 7) is 0. The Bertz CT molecular complexity index is 1270. The van der Waals surface area contributed by atoms with Crippen LogP contribution in [-0.4, -0.2) is 15.9 Å². The van der Waals surface area contributed by atoms with E-state index in [2.05, 4.69) is 15.3 Å². The molecule has 4 rings (SSSR count). The number of halogens is 1. The second-order valence-corrected chi connectivity index (χ2v) is 7.02. The van der Waals surface area contributed by atoms with E-state index >= 15 is 0 Å². The second-order valence-electron chi connectivity index (χ2n) is 7.02. The van der Waals surface area contributed by atoms with Crippen molar-refractivity contribution in [2.24, 2.45) is 0 Å². The number of benzene rings is 3. The molecular weight excluding hydrogens is 397 g/mol. The maximum atomic E-state index is 13.2. The maximum Gasteiger partial charge on any atom is 0.258 e. The molecule has 0 saturated heterocycles. The molecule has 31 heavy (non-hydrogen) atoms. The maximum absolute atomic E-state index is 13.2. The molecule has 1 amide bonds. The molecule has 7 heteroatoms. The Labute approximate surface area is 177 Å². The Hall–Kier alpha value is -4.00. The lowest BCUT2D eigenvalue weighted by atomic mass is 10.2. The normalized spacial score (nSPS) is 10.7. The standard InChI is InChI=1S/C24H20FN3O3/c25-16-5-3-6-19(15-16)31-18-13-11-17(12-14-18)26-23(29)10-4-9-22-27-21-8-2-1-7-20(21)24(30)28-22/h1-3,5-8,11-15H,4,9-10H2,(H,26,29)(H,27,28,30). The van der Waals surface area contributed by atoms with Crippen molar-refractivity contribution in [2.75, 3.05) is 5.32 Å². The van der Waals surface area contributed by atoms with E-state index in [1.807, 2.05) is 6.07 Å². The zero-order valence-electron chi connectivity index (χ0n) is 16.6. The number of aromatic amines is 1. The third-order valence-corrected chi connectivity index (χ3v) is 4.65. The first-order valence-electron chi connectivity index (χ1n) is 9.88. The van der Waals surface area contributed by atoms with E-state index in [0.717, 1.165) is 0 Å². The summed E-state index contributed by atoms with van der Waals surface area (Å²) in [5.41, 5.74) is 1.10. The van der Waals surface area contributed by atoms with Crippen molar-refractivity contribution in [1.29, 1.82) is 0 Å². The molecule has 2 N–H and O–H groups in total. The van der Waals surface area contributed by atoms with Crippen molar-refractivity contribution in [3.63, 3.8) is 0 Å². The van der Waals surface area contributed by atoms with Crippen LogP contribution in [0.4, 0.5) is 10.1 Å². The van der Waals surface area contributed by atoms with Gasteiger partial charge >= 0.3 is 0 Å². The molecule has 4 aromatic rings. The van der Waals surface area contributed by atoms with E-state index in [4.69, 9.17) is 4.74 Å². The monoisotopic (exact) mass is 417 g/mol. The van der Waals surface area contributed by atoms with Crippen LogP contribution in [0, 0.1) is 5.82 Å². The van der Waals surface area contributed by atoms with E-state index in [0.29, 0.717) is 46.8 Å². The molecule has 0 unspecified atom stereocenters. The van der Waals surface area contributed by atoms with Gasteiger partial charge in [0.15, 0.2) is 0 Å². The molecule has 0 aliphatic heterocycles. The first-order valence-corrected chi connectivity index (χ1v) is 9.88. The van der Waals surface area contributed by atoms with Crippen LogP contribution in [0.2, 0.25) is 0 Å². The Kier molecular flexibility index (Phi) is 6.03. The number of hydrogen-bond donors (Lipinski definition) is 2. The highest BCUT2D eigenvalue weighted by Gasteiger charge is 2.07. The summed E-state index contributed by atoms with van der Waals surface area (Å²) in [7, 11) is 0. The van der Waals surface area contributed by atoms with Crippen molar-refractivity contribution in [2.45, 2.75) is 19.3 Å². The van der Waals surface area contributed by atoms with Crippen LogP contribution in [0.3, 0.4) is 0 Å². The number of carbonyl (C=O) groups excluding carboxylic acids is 1. The molecule has 6 nitrogen and oxygen atoms in total. The molecule has 0 aliphatic carbocycles. The minimum absolute atomic E-state index is 0.137. The average molecular weight is 417 g/mol.